The Morgan fingerprint density at radius 3 is 2.19 bits per heavy atom. The summed E-state index contributed by atoms with van der Waals surface area (Å²) in [6.45, 7) is 2.55. The van der Waals surface area contributed by atoms with E-state index >= 15 is 0 Å². The molecular weight excluding hydrogens is 348 g/mol. The molecule has 0 saturated heterocycles. The molecular formula is C20H22N2O3S. The van der Waals surface area contributed by atoms with Crippen LogP contribution in [0.25, 0.3) is 4.91 Å². The van der Waals surface area contributed by atoms with E-state index in [4.69, 9.17) is 0 Å². The van der Waals surface area contributed by atoms with Crippen molar-refractivity contribution in [3.05, 3.63) is 77.5 Å². The molecule has 2 aromatic rings. The first-order chi connectivity index (χ1) is 12.6. The van der Waals surface area contributed by atoms with Crippen LogP contribution in [-0.4, -0.2) is 25.2 Å². The van der Waals surface area contributed by atoms with Gasteiger partial charge in [0.2, 0.25) is 0 Å². The molecule has 2 aromatic carbocycles. The zero-order valence-electron chi connectivity index (χ0n) is 14.7. The van der Waals surface area contributed by atoms with Gasteiger partial charge in [-0.1, -0.05) is 74.0 Å². The van der Waals surface area contributed by atoms with Gasteiger partial charge in [-0.15, -0.1) is 0 Å². The Labute approximate surface area is 154 Å². The van der Waals surface area contributed by atoms with Gasteiger partial charge in [0.25, 0.3) is 15.9 Å². The normalized spacial score (nSPS) is 16.2. The van der Waals surface area contributed by atoms with Crippen molar-refractivity contribution >= 4 is 20.8 Å². The molecule has 1 aliphatic heterocycles. The van der Waals surface area contributed by atoms with Crippen molar-refractivity contribution in [3.63, 3.8) is 0 Å². The minimum Gasteiger partial charge on any atom is -0.375 e. The van der Waals surface area contributed by atoms with E-state index in [9.17, 15) is 13.2 Å². The number of nitrogens with zero attached hydrogens (tertiary/aromatic N) is 1. The zero-order chi connectivity index (χ0) is 18.6. The van der Waals surface area contributed by atoms with Crippen molar-refractivity contribution in [3.8, 4) is 0 Å². The summed E-state index contributed by atoms with van der Waals surface area (Å²) in [5, 5.41) is 3.07. The van der Waals surface area contributed by atoms with Gasteiger partial charge in [-0.25, -0.2) is 12.7 Å². The standard InChI is InChI=1S/C20H22N2O3S/c1-2-3-14-22-20(23)18(21-15-16-10-6-4-7-11-16)19(26(22,24)25)17-12-8-5-9-13-17/h4-13,21H,2-3,14-15H2,1H3. The smallest absolute Gasteiger partial charge is 0.285 e. The van der Waals surface area contributed by atoms with Crippen LogP contribution >= 0.6 is 0 Å². The van der Waals surface area contributed by atoms with Gasteiger partial charge in [0.05, 0.1) is 0 Å². The van der Waals surface area contributed by atoms with Gasteiger partial charge in [-0.05, 0) is 17.5 Å². The largest absolute Gasteiger partial charge is 0.375 e. The fraction of sp³-hybridized carbons (Fsp3) is 0.250. The minimum absolute atomic E-state index is 0.0649. The molecule has 136 valence electrons. The second-order valence-electron chi connectivity index (χ2n) is 6.15. The highest BCUT2D eigenvalue weighted by atomic mass is 32.2. The molecule has 0 atom stereocenters. The third-order valence-corrected chi connectivity index (χ3v) is 6.16. The van der Waals surface area contributed by atoms with E-state index in [2.05, 4.69) is 5.32 Å². The minimum atomic E-state index is -3.85. The van der Waals surface area contributed by atoms with Crippen molar-refractivity contribution in [2.24, 2.45) is 0 Å². The van der Waals surface area contributed by atoms with Gasteiger partial charge in [-0.3, -0.25) is 4.79 Å². The molecule has 0 unspecified atom stereocenters. The Morgan fingerprint density at radius 2 is 1.58 bits per heavy atom. The van der Waals surface area contributed by atoms with Crippen LogP contribution in [0.5, 0.6) is 0 Å². The maximum Gasteiger partial charge on any atom is 0.285 e. The number of carbonyl (C=O) groups is 1. The molecule has 0 fully saturated rings. The number of nitrogens with one attached hydrogen (secondary N) is 1. The number of benzene rings is 2. The summed E-state index contributed by atoms with van der Waals surface area (Å²) < 4.78 is 27.1. The molecule has 0 spiro atoms. The molecule has 1 aliphatic rings. The Bertz CT molecular complexity index is 907. The Balaban J connectivity index is 2.00. The molecule has 3 rings (SSSR count). The summed E-state index contributed by atoms with van der Waals surface area (Å²) >= 11 is 0. The summed E-state index contributed by atoms with van der Waals surface area (Å²) in [4.78, 5) is 12.9. The quantitative estimate of drug-likeness (QED) is 0.813. The highest BCUT2D eigenvalue weighted by Crippen LogP contribution is 2.34. The predicted octanol–water partition coefficient (Wildman–Crippen LogP) is 3.12. The van der Waals surface area contributed by atoms with E-state index in [0.717, 1.165) is 16.3 Å². The Hall–Kier alpha value is -2.60. The lowest BCUT2D eigenvalue weighted by molar-refractivity contribution is -0.122. The number of unbranched alkanes of at least 4 members (excludes halogenated alkanes) is 1. The van der Waals surface area contributed by atoms with Crippen LogP contribution in [0.1, 0.15) is 30.9 Å². The first-order valence-corrected chi connectivity index (χ1v) is 10.1. The van der Waals surface area contributed by atoms with Crippen LogP contribution in [0.15, 0.2) is 66.4 Å². The second-order valence-corrected chi connectivity index (χ2v) is 7.94. The van der Waals surface area contributed by atoms with Crippen molar-refractivity contribution in [1.82, 2.24) is 9.62 Å². The third kappa shape index (κ3) is 3.51. The third-order valence-electron chi connectivity index (χ3n) is 4.28. The number of hydrogen-bond donors (Lipinski definition) is 1. The fourth-order valence-corrected chi connectivity index (χ4v) is 4.67. The van der Waals surface area contributed by atoms with E-state index in [1.165, 1.54) is 0 Å². The Morgan fingerprint density at radius 1 is 0.962 bits per heavy atom. The second kappa shape index (κ2) is 7.74. The van der Waals surface area contributed by atoms with Crippen LogP contribution < -0.4 is 5.32 Å². The molecule has 1 amide bonds. The van der Waals surface area contributed by atoms with Crippen molar-refractivity contribution in [1.29, 1.82) is 0 Å². The number of sulfonamides is 1. The van der Waals surface area contributed by atoms with Crippen LogP contribution in [0.4, 0.5) is 0 Å². The van der Waals surface area contributed by atoms with Gasteiger partial charge >= 0.3 is 0 Å². The lowest BCUT2D eigenvalue weighted by Gasteiger charge is -2.16. The summed E-state index contributed by atoms with van der Waals surface area (Å²) in [7, 11) is -3.85. The fourth-order valence-electron chi connectivity index (χ4n) is 2.92. The highest BCUT2D eigenvalue weighted by Gasteiger charge is 2.43. The molecule has 6 heteroatoms. The average molecular weight is 370 g/mol. The van der Waals surface area contributed by atoms with Gasteiger partial charge in [0.1, 0.15) is 10.6 Å². The molecule has 5 nitrogen and oxygen atoms in total. The van der Waals surface area contributed by atoms with Crippen molar-refractivity contribution < 1.29 is 13.2 Å². The molecule has 0 bridgehead atoms. The lowest BCUT2D eigenvalue weighted by atomic mass is 10.1. The maximum atomic E-state index is 13.0. The maximum absolute atomic E-state index is 13.0. The average Bonchev–Trinajstić information content (AvgIpc) is 2.85. The molecule has 0 aromatic heterocycles. The molecule has 1 heterocycles. The first kappa shape index (κ1) is 18.2. The number of amides is 1. The molecule has 0 saturated carbocycles. The van der Waals surface area contributed by atoms with E-state index in [1.807, 2.05) is 43.3 Å². The van der Waals surface area contributed by atoms with E-state index < -0.39 is 15.9 Å². The van der Waals surface area contributed by atoms with Crippen LogP contribution in [0, 0.1) is 0 Å². The molecule has 26 heavy (non-hydrogen) atoms. The van der Waals surface area contributed by atoms with Crippen LogP contribution in [0.3, 0.4) is 0 Å². The van der Waals surface area contributed by atoms with Crippen molar-refractivity contribution in [2.45, 2.75) is 26.3 Å². The van der Waals surface area contributed by atoms with E-state index in [-0.39, 0.29) is 17.1 Å². The topological polar surface area (TPSA) is 66.5 Å². The molecule has 0 aliphatic carbocycles. The monoisotopic (exact) mass is 370 g/mol. The lowest BCUT2D eigenvalue weighted by Crippen LogP contribution is -2.34. The van der Waals surface area contributed by atoms with Crippen molar-refractivity contribution in [2.75, 3.05) is 6.54 Å². The molecule has 1 N–H and O–H groups in total. The SMILES string of the molecule is CCCCN1C(=O)C(NCc2ccccc2)=C(c2ccccc2)S1(=O)=O. The van der Waals surface area contributed by atoms with Crippen LogP contribution in [0.2, 0.25) is 0 Å². The Kier molecular flexibility index (Phi) is 5.42. The molecule has 0 radical (unpaired) electrons. The highest BCUT2D eigenvalue weighted by molar-refractivity contribution is 7.99. The summed E-state index contributed by atoms with van der Waals surface area (Å²) in [5.41, 5.74) is 1.65. The number of carbonyl (C=O) groups excluding carboxylic acids is 1. The van der Waals surface area contributed by atoms with Gasteiger partial charge < -0.3 is 5.32 Å². The van der Waals surface area contributed by atoms with Gasteiger partial charge in [0, 0.05) is 13.1 Å². The van der Waals surface area contributed by atoms with Crippen LogP contribution in [-0.2, 0) is 21.4 Å². The summed E-state index contributed by atoms with van der Waals surface area (Å²) in [6, 6.07) is 18.4. The summed E-state index contributed by atoms with van der Waals surface area (Å²) in [5.74, 6) is -0.478. The number of hydrogen-bond acceptors (Lipinski definition) is 4. The summed E-state index contributed by atoms with van der Waals surface area (Å²) in [6.07, 6.45) is 1.45. The zero-order valence-corrected chi connectivity index (χ0v) is 15.5. The van der Waals surface area contributed by atoms with Gasteiger partial charge in [-0.2, -0.15) is 0 Å². The van der Waals surface area contributed by atoms with Gasteiger partial charge in [0.15, 0.2) is 0 Å². The van der Waals surface area contributed by atoms with E-state index in [0.29, 0.717) is 18.5 Å². The predicted molar refractivity (Wildman–Crippen MR) is 102 cm³/mol. The number of rotatable bonds is 7. The first-order valence-electron chi connectivity index (χ1n) is 8.70. The van der Waals surface area contributed by atoms with E-state index in [1.54, 1.807) is 24.3 Å².